The Kier molecular flexibility index (Phi) is 7.47. The maximum absolute atomic E-state index is 12.1. The van der Waals surface area contributed by atoms with Crippen molar-refractivity contribution in [3.63, 3.8) is 0 Å². The van der Waals surface area contributed by atoms with Crippen LogP contribution >= 0.6 is 0 Å². The van der Waals surface area contributed by atoms with Crippen molar-refractivity contribution in [2.45, 2.75) is 25.7 Å². The number of morpholine rings is 1. The minimum atomic E-state index is -0.194. The number of hydrogen-bond acceptors (Lipinski definition) is 4. The first-order valence-corrected chi connectivity index (χ1v) is 9.92. The second kappa shape index (κ2) is 10.3. The van der Waals surface area contributed by atoms with Crippen LogP contribution in [0.15, 0.2) is 24.3 Å². The van der Waals surface area contributed by atoms with Gasteiger partial charge in [-0.25, -0.2) is 4.79 Å². The molecular weight excluding hydrogens is 344 g/mol. The molecule has 3 amide bonds. The number of likely N-dealkylation sites (tertiary alicyclic amines) is 1. The third-order valence-electron chi connectivity index (χ3n) is 5.12. The average molecular weight is 374 g/mol. The summed E-state index contributed by atoms with van der Waals surface area (Å²) in [6, 6.07) is 7.52. The summed E-state index contributed by atoms with van der Waals surface area (Å²) in [4.78, 5) is 28.3. The number of benzene rings is 1. The predicted octanol–water partition coefficient (Wildman–Crippen LogP) is 1.70. The number of carbonyl (C=O) groups is 2. The van der Waals surface area contributed by atoms with Gasteiger partial charge >= 0.3 is 6.03 Å². The van der Waals surface area contributed by atoms with Gasteiger partial charge in [-0.1, -0.05) is 12.1 Å². The summed E-state index contributed by atoms with van der Waals surface area (Å²) in [5, 5.41) is 5.73. The molecule has 1 aromatic rings. The van der Waals surface area contributed by atoms with E-state index in [0.717, 1.165) is 76.5 Å². The number of nitrogens with one attached hydrogen (secondary N) is 2. The van der Waals surface area contributed by atoms with E-state index in [1.807, 2.05) is 29.2 Å². The van der Waals surface area contributed by atoms with Crippen LogP contribution in [0.1, 0.15) is 24.8 Å². The van der Waals surface area contributed by atoms with Gasteiger partial charge in [0, 0.05) is 51.4 Å². The number of anilines is 1. The fourth-order valence-electron chi connectivity index (χ4n) is 3.46. The van der Waals surface area contributed by atoms with E-state index in [9.17, 15) is 9.59 Å². The first-order chi connectivity index (χ1) is 13.2. The van der Waals surface area contributed by atoms with Gasteiger partial charge in [0.25, 0.3) is 0 Å². The molecule has 0 spiro atoms. The zero-order chi connectivity index (χ0) is 18.9. The Morgan fingerprint density at radius 3 is 2.41 bits per heavy atom. The van der Waals surface area contributed by atoms with Gasteiger partial charge in [-0.05, 0) is 37.0 Å². The molecule has 0 unspecified atom stereocenters. The average Bonchev–Trinajstić information content (AvgIpc) is 3.23. The van der Waals surface area contributed by atoms with Crippen LogP contribution in [0.2, 0.25) is 0 Å². The lowest BCUT2D eigenvalue weighted by atomic mass is 10.1. The van der Waals surface area contributed by atoms with E-state index in [1.165, 1.54) is 0 Å². The molecule has 2 aliphatic heterocycles. The molecule has 0 aliphatic carbocycles. The molecule has 0 bridgehead atoms. The van der Waals surface area contributed by atoms with E-state index in [2.05, 4.69) is 15.5 Å². The summed E-state index contributed by atoms with van der Waals surface area (Å²) < 4.78 is 5.31. The van der Waals surface area contributed by atoms with Crippen LogP contribution in [0.4, 0.5) is 10.5 Å². The van der Waals surface area contributed by atoms with Gasteiger partial charge in [0.2, 0.25) is 5.91 Å². The first kappa shape index (κ1) is 19.6. The lowest BCUT2D eigenvalue weighted by Gasteiger charge is -2.26. The van der Waals surface area contributed by atoms with Crippen molar-refractivity contribution in [1.82, 2.24) is 15.1 Å². The Hall–Kier alpha value is -2.12. The van der Waals surface area contributed by atoms with Crippen LogP contribution in [0, 0.1) is 0 Å². The van der Waals surface area contributed by atoms with Crippen LogP contribution < -0.4 is 10.6 Å². The Bertz CT molecular complexity index is 608. The first-order valence-electron chi connectivity index (χ1n) is 9.92. The van der Waals surface area contributed by atoms with Crippen LogP contribution in [-0.4, -0.2) is 74.2 Å². The van der Waals surface area contributed by atoms with E-state index in [0.29, 0.717) is 13.0 Å². The molecule has 2 heterocycles. The molecule has 2 N–H and O–H groups in total. The number of hydrogen-bond donors (Lipinski definition) is 2. The van der Waals surface area contributed by atoms with Crippen molar-refractivity contribution >= 4 is 17.6 Å². The van der Waals surface area contributed by atoms with Crippen LogP contribution in [0.3, 0.4) is 0 Å². The van der Waals surface area contributed by atoms with Crippen LogP contribution in [0.5, 0.6) is 0 Å². The molecule has 148 valence electrons. The monoisotopic (exact) mass is 374 g/mol. The highest BCUT2D eigenvalue weighted by Gasteiger charge is 2.17. The molecule has 7 nitrogen and oxygen atoms in total. The third kappa shape index (κ3) is 6.52. The summed E-state index contributed by atoms with van der Waals surface area (Å²) in [6.07, 6.45) is 3.54. The summed E-state index contributed by atoms with van der Waals surface area (Å²) in [5.74, 6) is 0.245. The minimum absolute atomic E-state index is 0.194. The number of rotatable bonds is 7. The van der Waals surface area contributed by atoms with Gasteiger partial charge in [-0.3, -0.25) is 9.69 Å². The lowest BCUT2D eigenvalue weighted by molar-refractivity contribution is -0.130. The van der Waals surface area contributed by atoms with Gasteiger partial charge in [-0.2, -0.15) is 0 Å². The van der Waals surface area contributed by atoms with Crippen LogP contribution in [0.25, 0.3) is 0 Å². The molecular formula is C20H30N4O3. The summed E-state index contributed by atoms with van der Waals surface area (Å²) >= 11 is 0. The van der Waals surface area contributed by atoms with Crippen molar-refractivity contribution in [2.75, 3.05) is 57.8 Å². The fourth-order valence-corrected chi connectivity index (χ4v) is 3.46. The molecule has 0 saturated carbocycles. The second-order valence-electron chi connectivity index (χ2n) is 7.12. The van der Waals surface area contributed by atoms with Crippen molar-refractivity contribution in [1.29, 1.82) is 0 Å². The number of ether oxygens (including phenoxy) is 1. The third-order valence-corrected chi connectivity index (χ3v) is 5.12. The normalized spacial score (nSPS) is 17.7. The zero-order valence-corrected chi connectivity index (χ0v) is 15.9. The van der Waals surface area contributed by atoms with Crippen molar-refractivity contribution < 1.29 is 14.3 Å². The molecule has 0 atom stereocenters. The highest BCUT2D eigenvalue weighted by molar-refractivity contribution is 5.89. The largest absolute Gasteiger partial charge is 0.379 e. The lowest BCUT2D eigenvalue weighted by Crippen LogP contribution is -2.42. The quantitative estimate of drug-likeness (QED) is 0.762. The van der Waals surface area contributed by atoms with Gasteiger partial charge in [0.15, 0.2) is 0 Å². The van der Waals surface area contributed by atoms with E-state index >= 15 is 0 Å². The van der Waals surface area contributed by atoms with Gasteiger partial charge in [0.1, 0.15) is 0 Å². The summed E-state index contributed by atoms with van der Waals surface area (Å²) in [6.45, 7) is 6.63. The number of aryl methyl sites for hydroxylation is 1. The van der Waals surface area contributed by atoms with Gasteiger partial charge < -0.3 is 20.3 Å². The molecule has 27 heavy (non-hydrogen) atoms. The Morgan fingerprint density at radius 1 is 1.00 bits per heavy atom. The molecule has 0 radical (unpaired) electrons. The number of carbonyl (C=O) groups excluding carboxylic acids is 2. The second-order valence-corrected chi connectivity index (χ2v) is 7.12. The summed E-state index contributed by atoms with van der Waals surface area (Å²) in [5.41, 5.74) is 1.87. The summed E-state index contributed by atoms with van der Waals surface area (Å²) in [7, 11) is 0. The molecule has 2 saturated heterocycles. The van der Waals surface area contributed by atoms with Crippen molar-refractivity contribution in [3.05, 3.63) is 29.8 Å². The molecule has 3 rings (SSSR count). The maximum atomic E-state index is 12.1. The standard InChI is InChI=1S/C20H30N4O3/c25-19(24-10-1-2-11-24)8-5-17-3-6-18(7-4-17)22-20(26)21-9-12-23-13-15-27-16-14-23/h3-4,6-7H,1-2,5,8-16H2,(H2,21,22,26). The molecule has 2 aliphatic rings. The van der Waals surface area contributed by atoms with Crippen molar-refractivity contribution in [3.8, 4) is 0 Å². The topological polar surface area (TPSA) is 73.9 Å². The van der Waals surface area contributed by atoms with E-state index < -0.39 is 0 Å². The maximum Gasteiger partial charge on any atom is 0.319 e. The Balaban J connectivity index is 1.34. The van der Waals surface area contributed by atoms with E-state index in [4.69, 9.17) is 4.74 Å². The van der Waals surface area contributed by atoms with Crippen LogP contribution in [-0.2, 0) is 16.0 Å². The van der Waals surface area contributed by atoms with E-state index in [-0.39, 0.29) is 11.9 Å². The van der Waals surface area contributed by atoms with Crippen molar-refractivity contribution in [2.24, 2.45) is 0 Å². The SMILES string of the molecule is O=C(NCCN1CCOCC1)Nc1ccc(CCC(=O)N2CCCC2)cc1. The molecule has 0 aromatic heterocycles. The highest BCUT2D eigenvalue weighted by Crippen LogP contribution is 2.14. The minimum Gasteiger partial charge on any atom is -0.379 e. The molecule has 1 aromatic carbocycles. The fraction of sp³-hybridized carbons (Fsp3) is 0.600. The van der Waals surface area contributed by atoms with Gasteiger partial charge in [0.05, 0.1) is 13.2 Å². The smallest absolute Gasteiger partial charge is 0.319 e. The number of nitrogens with zero attached hydrogens (tertiary/aromatic N) is 2. The molecule has 7 heteroatoms. The van der Waals surface area contributed by atoms with E-state index in [1.54, 1.807) is 0 Å². The number of urea groups is 1. The predicted molar refractivity (Wildman–Crippen MR) is 105 cm³/mol. The van der Waals surface area contributed by atoms with Gasteiger partial charge in [-0.15, -0.1) is 0 Å². The molecule has 2 fully saturated rings. The number of amides is 3. The Labute approximate surface area is 161 Å². The zero-order valence-electron chi connectivity index (χ0n) is 15.9. The Morgan fingerprint density at radius 2 is 1.70 bits per heavy atom. The highest BCUT2D eigenvalue weighted by atomic mass is 16.5.